The molecule has 2 heterocycles. The summed E-state index contributed by atoms with van der Waals surface area (Å²) < 4.78 is 38.8. The van der Waals surface area contributed by atoms with Crippen molar-refractivity contribution in [3.63, 3.8) is 0 Å². The molecule has 2 aromatic rings. The maximum absolute atomic E-state index is 12.3. The number of imidazole rings is 1. The van der Waals surface area contributed by atoms with E-state index in [4.69, 9.17) is 0 Å². The molecule has 2 N–H and O–H groups in total. The van der Waals surface area contributed by atoms with Gasteiger partial charge in [0.25, 0.3) is 0 Å². The predicted octanol–water partition coefficient (Wildman–Crippen LogP) is 2.65. The number of anilines is 1. The molecule has 1 saturated carbocycles. The van der Waals surface area contributed by atoms with Crippen LogP contribution in [0, 0.1) is 11.8 Å². The lowest BCUT2D eigenvalue weighted by Crippen LogP contribution is -2.31. The van der Waals surface area contributed by atoms with E-state index in [9.17, 15) is 18.0 Å². The molecule has 5 nitrogen and oxygen atoms in total. The Kier molecular flexibility index (Phi) is 3.23. The van der Waals surface area contributed by atoms with E-state index in [1.54, 1.807) is 35.1 Å². The monoisotopic (exact) mass is 298 g/mol. The van der Waals surface area contributed by atoms with Crippen molar-refractivity contribution in [1.82, 2.24) is 14.7 Å². The zero-order valence-corrected chi connectivity index (χ0v) is 10.9. The molecule has 0 bridgehead atoms. The van der Waals surface area contributed by atoms with E-state index in [1.165, 1.54) is 0 Å². The molecule has 3 rings (SSSR count). The molecule has 2 aromatic heterocycles. The van der Waals surface area contributed by atoms with Crippen LogP contribution in [0.5, 0.6) is 0 Å². The molecule has 0 aromatic carbocycles. The van der Waals surface area contributed by atoms with Crippen LogP contribution < -0.4 is 10.6 Å². The number of amides is 2. The van der Waals surface area contributed by atoms with E-state index in [2.05, 4.69) is 15.6 Å². The topological polar surface area (TPSA) is 58.4 Å². The molecule has 1 aliphatic rings. The predicted molar refractivity (Wildman–Crippen MR) is 69.9 cm³/mol. The van der Waals surface area contributed by atoms with Gasteiger partial charge in [-0.1, -0.05) is 0 Å². The van der Waals surface area contributed by atoms with Crippen molar-refractivity contribution in [2.24, 2.45) is 11.8 Å². The fourth-order valence-electron chi connectivity index (χ4n) is 2.26. The van der Waals surface area contributed by atoms with E-state index in [0.29, 0.717) is 11.3 Å². The Balaban J connectivity index is 1.50. The molecule has 112 valence electrons. The van der Waals surface area contributed by atoms with Gasteiger partial charge in [-0.2, -0.15) is 13.2 Å². The summed E-state index contributed by atoms with van der Waals surface area (Å²) in [7, 11) is 0. The fourth-order valence-corrected chi connectivity index (χ4v) is 2.26. The number of carbonyl (C=O) groups is 1. The molecule has 8 heteroatoms. The molecule has 0 unspecified atom stereocenters. The number of nitrogens with one attached hydrogen (secondary N) is 2. The van der Waals surface area contributed by atoms with Crippen molar-refractivity contribution in [1.29, 1.82) is 0 Å². The van der Waals surface area contributed by atoms with Crippen LogP contribution in [0.4, 0.5) is 23.7 Å². The maximum atomic E-state index is 12.3. The molecular weight excluding hydrogens is 285 g/mol. The largest absolute Gasteiger partial charge is 0.392 e. The van der Waals surface area contributed by atoms with Gasteiger partial charge in [0.2, 0.25) is 0 Å². The van der Waals surface area contributed by atoms with Gasteiger partial charge in [-0.15, -0.1) is 0 Å². The van der Waals surface area contributed by atoms with Gasteiger partial charge in [0.1, 0.15) is 5.65 Å². The normalized spacial score (nSPS) is 21.3. The lowest BCUT2D eigenvalue weighted by molar-refractivity contribution is -0.150. The summed E-state index contributed by atoms with van der Waals surface area (Å²) in [6.45, 7) is 0.0294. The Bertz CT molecular complexity index is 667. The standard InChI is InChI=1S/C13H13F3N4O/c14-13(15,16)10-5-8(10)7-18-12(21)19-9-1-3-20-4-2-17-11(20)6-9/h1-4,6,8,10H,5,7H2,(H2,18,19,21)/t8-,10+/m0/s1. The fraction of sp³-hybridized carbons (Fsp3) is 0.385. The summed E-state index contributed by atoms with van der Waals surface area (Å²) in [6, 6.07) is 2.85. The van der Waals surface area contributed by atoms with Gasteiger partial charge in [0.15, 0.2) is 0 Å². The van der Waals surface area contributed by atoms with Crippen LogP contribution in [0.3, 0.4) is 0 Å². The van der Waals surface area contributed by atoms with E-state index < -0.39 is 24.0 Å². The quantitative estimate of drug-likeness (QED) is 0.915. The van der Waals surface area contributed by atoms with E-state index in [-0.39, 0.29) is 13.0 Å². The highest BCUT2D eigenvalue weighted by atomic mass is 19.4. The Labute approximate surface area is 118 Å². The smallest absolute Gasteiger partial charge is 0.338 e. The van der Waals surface area contributed by atoms with E-state index >= 15 is 0 Å². The first kappa shape index (κ1) is 13.7. The average Bonchev–Trinajstić information content (AvgIpc) is 3.06. The average molecular weight is 298 g/mol. The Morgan fingerprint density at radius 1 is 1.43 bits per heavy atom. The molecule has 0 spiro atoms. The van der Waals surface area contributed by atoms with Gasteiger partial charge >= 0.3 is 12.2 Å². The van der Waals surface area contributed by atoms with E-state index in [0.717, 1.165) is 0 Å². The minimum atomic E-state index is -4.16. The second kappa shape index (κ2) is 4.94. The molecule has 1 aliphatic carbocycles. The van der Waals surface area contributed by atoms with Crippen LogP contribution in [0.2, 0.25) is 0 Å². The van der Waals surface area contributed by atoms with Gasteiger partial charge < -0.3 is 15.0 Å². The van der Waals surface area contributed by atoms with Crippen LogP contribution in [-0.4, -0.2) is 28.1 Å². The van der Waals surface area contributed by atoms with Crippen molar-refractivity contribution >= 4 is 17.4 Å². The van der Waals surface area contributed by atoms with Gasteiger partial charge in [-0.25, -0.2) is 9.78 Å². The summed E-state index contributed by atoms with van der Waals surface area (Å²) >= 11 is 0. The Morgan fingerprint density at radius 3 is 2.95 bits per heavy atom. The molecule has 0 aliphatic heterocycles. The molecule has 0 radical (unpaired) electrons. The van der Waals surface area contributed by atoms with Crippen molar-refractivity contribution in [3.05, 3.63) is 30.7 Å². The highest BCUT2D eigenvalue weighted by Gasteiger charge is 2.55. The first-order valence-electron chi connectivity index (χ1n) is 6.48. The zero-order valence-electron chi connectivity index (χ0n) is 10.9. The second-order valence-corrected chi connectivity index (χ2v) is 5.09. The maximum Gasteiger partial charge on any atom is 0.392 e. The number of urea groups is 1. The highest BCUT2D eigenvalue weighted by Crippen LogP contribution is 2.49. The van der Waals surface area contributed by atoms with Crippen molar-refractivity contribution in [2.75, 3.05) is 11.9 Å². The number of fused-ring (bicyclic) bond motifs is 1. The zero-order chi connectivity index (χ0) is 15.0. The third-order valence-electron chi connectivity index (χ3n) is 3.52. The minimum absolute atomic E-state index is 0.0294. The lowest BCUT2D eigenvalue weighted by atomic mass is 10.3. The number of rotatable bonds is 3. The van der Waals surface area contributed by atoms with Crippen LogP contribution in [0.1, 0.15) is 6.42 Å². The van der Waals surface area contributed by atoms with Gasteiger partial charge in [0, 0.05) is 36.9 Å². The summed E-state index contributed by atoms with van der Waals surface area (Å²) in [5, 5.41) is 5.04. The van der Waals surface area contributed by atoms with Gasteiger partial charge in [-0.05, 0) is 18.4 Å². The van der Waals surface area contributed by atoms with Crippen molar-refractivity contribution in [2.45, 2.75) is 12.6 Å². The van der Waals surface area contributed by atoms with Crippen LogP contribution in [0.15, 0.2) is 30.7 Å². The van der Waals surface area contributed by atoms with Crippen LogP contribution in [-0.2, 0) is 0 Å². The SMILES string of the molecule is O=C(NC[C@@H]1C[C@H]1C(F)(F)F)Nc1ccn2ccnc2c1. The second-order valence-electron chi connectivity index (χ2n) is 5.09. The molecular formula is C13H13F3N4O. The van der Waals surface area contributed by atoms with Gasteiger partial charge in [0.05, 0.1) is 5.92 Å². The lowest BCUT2D eigenvalue weighted by Gasteiger charge is -2.08. The minimum Gasteiger partial charge on any atom is -0.338 e. The Morgan fingerprint density at radius 2 is 2.24 bits per heavy atom. The van der Waals surface area contributed by atoms with Gasteiger partial charge in [-0.3, -0.25) is 0 Å². The number of hydrogen-bond donors (Lipinski definition) is 2. The number of carbonyl (C=O) groups excluding carboxylic acids is 1. The van der Waals surface area contributed by atoms with Crippen LogP contribution >= 0.6 is 0 Å². The summed E-state index contributed by atoms with van der Waals surface area (Å²) in [4.78, 5) is 15.7. The number of pyridine rings is 1. The first-order valence-corrected chi connectivity index (χ1v) is 6.48. The summed E-state index contributed by atoms with van der Waals surface area (Å²) in [6.07, 6.45) is 1.06. The number of hydrogen-bond acceptors (Lipinski definition) is 2. The van der Waals surface area contributed by atoms with E-state index in [1.807, 2.05) is 0 Å². The van der Waals surface area contributed by atoms with Crippen molar-refractivity contribution in [3.8, 4) is 0 Å². The molecule has 2 atom stereocenters. The number of nitrogens with zero attached hydrogens (tertiary/aromatic N) is 2. The molecule has 1 fully saturated rings. The molecule has 0 saturated heterocycles. The Hall–Kier alpha value is -2.25. The third kappa shape index (κ3) is 3.09. The molecule has 21 heavy (non-hydrogen) atoms. The summed E-state index contributed by atoms with van der Waals surface area (Å²) in [5.41, 5.74) is 1.21. The highest BCUT2D eigenvalue weighted by molar-refractivity contribution is 5.89. The first-order chi connectivity index (χ1) is 9.93. The third-order valence-corrected chi connectivity index (χ3v) is 3.52. The van der Waals surface area contributed by atoms with Crippen LogP contribution in [0.25, 0.3) is 5.65 Å². The molecule has 2 amide bonds. The number of aromatic nitrogens is 2. The summed E-state index contributed by atoms with van der Waals surface area (Å²) in [5.74, 6) is -1.79. The number of alkyl halides is 3. The van der Waals surface area contributed by atoms with Crippen molar-refractivity contribution < 1.29 is 18.0 Å². The number of halogens is 3.